The molecule has 5 nitrogen and oxygen atoms in total. The summed E-state index contributed by atoms with van der Waals surface area (Å²) in [6, 6.07) is 20.7. The maximum atomic E-state index is 6.14. The van der Waals surface area contributed by atoms with Gasteiger partial charge in [0.15, 0.2) is 11.2 Å². The number of nitrogens with zero attached hydrogens (tertiary/aromatic N) is 3. The van der Waals surface area contributed by atoms with E-state index in [4.69, 9.17) is 4.42 Å². The second kappa shape index (κ2) is 10.9. The maximum absolute atomic E-state index is 6.14. The molecule has 1 N–H and O–H groups in total. The molecule has 0 fully saturated rings. The van der Waals surface area contributed by atoms with Crippen molar-refractivity contribution in [2.75, 3.05) is 30.8 Å². The number of hydrogen-bond donors (Lipinski definition) is 1. The second-order valence-corrected chi connectivity index (χ2v) is 9.69. The van der Waals surface area contributed by atoms with Crippen LogP contribution in [0.15, 0.2) is 82.4 Å². The Morgan fingerprint density at radius 1 is 1.03 bits per heavy atom. The number of anilines is 1. The van der Waals surface area contributed by atoms with Gasteiger partial charge < -0.3 is 14.6 Å². The van der Waals surface area contributed by atoms with Gasteiger partial charge in [-0.2, -0.15) is 4.98 Å². The summed E-state index contributed by atoms with van der Waals surface area (Å²) >= 11 is 1.89. The summed E-state index contributed by atoms with van der Waals surface area (Å²) in [5.74, 6) is 1.63. The number of rotatable bonds is 9. The largest absolute Gasteiger partial charge is 0.435 e. The van der Waals surface area contributed by atoms with Crippen LogP contribution in [0, 0.1) is 0 Å². The molecule has 3 heterocycles. The highest BCUT2D eigenvalue weighted by Crippen LogP contribution is 2.40. The number of fused-ring (bicyclic) bond motifs is 2. The lowest BCUT2D eigenvalue weighted by atomic mass is 10.00. The minimum atomic E-state index is 0.566. The molecular weight excluding hydrogens is 452 g/mol. The fourth-order valence-electron chi connectivity index (χ4n) is 4.19. The van der Waals surface area contributed by atoms with Crippen LogP contribution in [0.1, 0.15) is 31.2 Å². The predicted octanol–water partition coefficient (Wildman–Crippen LogP) is 6.84. The first-order chi connectivity index (χ1) is 17.2. The van der Waals surface area contributed by atoms with Gasteiger partial charge in [-0.05, 0) is 55.3 Å². The Hall–Kier alpha value is -3.35. The third kappa shape index (κ3) is 5.34. The van der Waals surface area contributed by atoms with E-state index in [1.165, 1.54) is 22.7 Å². The van der Waals surface area contributed by atoms with Crippen LogP contribution < -0.4 is 10.2 Å². The molecule has 4 aromatic rings. The summed E-state index contributed by atoms with van der Waals surface area (Å²) < 4.78 is 6.14. The SMILES string of the molecule is CCCNCCCSC1=C/C(=C\c2nc3ncc(-c4ccccc4)cc3o2)c2ccccc2N1C. The highest BCUT2D eigenvalue weighted by atomic mass is 32.2. The molecular formula is C29H30N4OS. The maximum Gasteiger partial charge on any atom is 0.222 e. The van der Waals surface area contributed by atoms with Crippen LogP contribution in [0.5, 0.6) is 0 Å². The van der Waals surface area contributed by atoms with Crippen molar-refractivity contribution in [1.82, 2.24) is 15.3 Å². The number of hydrogen-bond acceptors (Lipinski definition) is 6. The minimum absolute atomic E-state index is 0.566. The second-order valence-electron chi connectivity index (χ2n) is 8.57. The zero-order valence-electron chi connectivity index (χ0n) is 20.2. The van der Waals surface area contributed by atoms with Gasteiger partial charge in [-0.3, -0.25) is 0 Å². The number of allylic oxidation sites excluding steroid dienone is 2. The van der Waals surface area contributed by atoms with Gasteiger partial charge in [0.2, 0.25) is 5.89 Å². The fourth-order valence-corrected chi connectivity index (χ4v) is 5.19. The average molecular weight is 483 g/mol. The van der Waals surface area contributed by atoms with E-state index in [-0.39, 0.29) is 0 Å². The van der Waals surface area contributed by atoms with Crippen LogP contribution in [0.2, 0.25) is 0 Å². The zero-order valence-corrected chi connectivity index (χ0v) is 21.0. The Morgan fingerprint density at radius 3 is 2.71 bits per heavy atom. The third-order valence-corrected chi connectivity index (χ3v) is 7.19. The number of aromatic nitrogens is 2. The van der Waals surface area contributed by atoms with Crippen LogP contribution in [0.25, 0.3) is 34.0 Å². The standard InChI is InChI=1S/C29H30N4OS/c1-3-14-30-15-9-16-35-28-19-22(24-12-7-8-13-25(24)33(28)2)18-27-32-29-26(34-27)17-23(20-31-29)21-10-5-4-6-11-21/h4-8,10-13,17-20,30H,3,9,14-16H2,1-2H3/b22-18+. The van der Waals surface area contributed by atoms with E-state index < -0.39 is 0 Å². The first kappa shape index (κ1) is 23.4. The average Bonchev–Trinajstić information content (AvgIpc) is 3.30. The van der Waals surface area contributed by atoms with Crippen molar-refractivity contribution < 1.29 is 4.42 Å². The number of benzene rings is 2. The summed E-state index contributed by atoms with van der Waals surface area (Å²) in [6.07, 6.45) is 8.43. The Labute approximate surface area is 211 Å². The van der Waals surface area contributed by atoms with E-state index in [0.29, 0.717) is 17.1 Å². The Bertz CT molecular complexity index is 1360. The van der Waals surface area contributed by atoms with Crippen molar-refractivity contribution in [3.05, 3.63) is 89.4 Å². The molecule has 2 aromatic heterocycles. The summed E-state index contributed by atoms with van der Waals surface area (Å²) in [5, 5.41) is 4.71. The number of thioether (sulfide) groups is 1. The van der Waals surface area contributed by atoms with Gasteiger partial charge in [-0.15, -0.1) is 11.8 Å². The molecule has 0 atom stereocenters. The molecule has 0 radical (unpaired) electrons. The first-order valence-corrected chi connectivity index (χ1v) is 13.1. The lowest BCUT2D eigenvalue weighted by molar-refractivity contribution is 0.589. The van der Waals surface area contributed by atoms with Crippen LogP contribution in [-0.4, -0.2) is 35.9 Å². The van der Waals surface area contributed by atoms with Gasteiger partial charge in [0.05, 0.1) is 5.03 Å². The number of oxazole rings is 1. The van der Waals surface area contributed by atoms with Crippen molar-refractivity contribution in [3.8, 4) is 11.1 Å². The summed E-state index contributed by atoms with van der Waals surface area (Å²) in [5.41, 5.74) is 6.90. The smallest absolute Gasteiger partial charge is 0.222 e. The minimum Gasteiger partial charge on any atom is -0.435 e. The van der Waals surface area contributed by atoms with Crippen LogP contribution in [0.4, 0.5) is 5.69 Å². The molecule has 6 heteroatoms. The van der Waals surface area contributed by atoms with Crippen LogP contribution in [0.3, 0.4) is 0 Å². The molecule has 5 rings (SSSR count). The normalized spacial score (nSPS) is 14.4. The van der Waals surface area contributed by atoms with E-state index in [2.05, 4.69) is 76.6 Å². The van der Waals surface area contributed by atoms with Gasteiger partial charge in [0.1, 0.15) is 0 Å². The van der Waals surface area contributed by atoms with Gasteiger partial charge in [0, 0.05) is 41.9 Å². The molecule has 35 heavy (non-hydrogen) atoms. The molecule has 0 unspecified atom stereocenters. The molecule has 2 aromatic carbocycles. The molecule has 1 aliphatic heterocycles. The van der Waals surface area contributed by atoms with E-state index in [9.17, 15) is 0 Å². The van der Waals surface area contributed by atoms with Crippen molar-refractivity contribution in [2.45, 2.75) is 19.8 Å². The van der Waals surface area contributed by atoms with Crippen molar-refractivity contribution >= 4 is 40.3 Å². The topological polar surface area (TPSA) is 54.2 Å². The van der Waals surface area contributed by atoms with E-state index in [0.717, 1.165) is 42.0 Å². The molecule has 0 saturated heterocycles. The van der Waals surface area contributed by atoms with Crippen molar-refractivity contribution in [2.24, 2.45) is 0 Å². The molecule has 0 aliphatic carbocycles. The van der Waals surface area contributed by atoms with E-state index in [1.54, 1.807) is 0 Å². The zero-order chi connectivity index (χ0) is 24.0. The molecule has 178 valence electrons. The fraction of sp³-hybridized carbons (Fsp3) is 0.241. The lowest BCUT2D eigenvalue weighted by Crippen LogP contribution is -2.20. The van der Waals surface area contributed by atoms with Gasteiger partial charge in [-0.25, -0.2) is 4.98 Å². The van der Waals surface area contributed by atoms with Crippen LogP contribution in [-0.2, 0) is 0 Å². The molecule has 0 saturated carbocycles. The quantitative estimate of drug-likeness (QED) is 0.264. The highest BCUT2D eigenvalue weighted by Gasteiger charge is 2.20. The van der Waals surface area contributed by atoms with Gasteiger partial charge in [0.25, 0.3) is 0 Å². The predicted molar refractivity (Wildman–Crippen MR) is 148 cm³/mol. The Morgan fingerprint density at radius 2 is 1.86 bits per heavy atom. The van der Waals surface area contributed by atoms with Crippen LogP contribution >= 0.6 is 11.8 Å². The van der Waals surface area contributed by atoms with Crippen molar-refractivity contribution in [1.29, 1.82) is 0 Å². The first-order valence-electron chi connectivity index (χ1n) is 12.1. The lowest BCUT2D eigenvalue weighted by Gasteiger charge is -2.29. The summed E-state index contributed by atoms with van der Waals surface area (Å²) in [7, 11) is 2.14. The molecule has 0 amide bonds. The Kier molecular flexibility index (Phi) is 7.31. The molecule has 0 bridgehead atoms. The third-order valence-electron chi connectivity index (χ3n) is 6.01. The monoisotopic (exact) mass is 482 g/mol. The Balaban J connectivity index is 1.42. The summed E-state index contributed by atoms with van der Waals surface area (Å²) in [6.45, 7) is 4.34. The highest BCUT2D eigenvalue weighted by molar-refractivity contribution is 8.03. The van der Waals surface area contributed by atoms with E-state index >= 15 is 0 Å². The number of nitrogens with one attached hydrogen (secondary N) is 1. The van der Waals surface area contributed by atoms with E-state index in [1.807, 2.05) is 48.3 Å². The number of pyridine rings is 1. The van der Waals surface area contributed by atoms with Gasteiger partial charge >= 0.3 is 0 Å². The summed E-state index contributed by atoms with van der Waals surface area (Å²) in [4.78, 5) is 11.5. The molecule has 1 aliphatic rings. The number of para-hydroxylation sites is 1. The molecule has 0 spiro atoms. The van der Waals surface area contributed by atoms with Crippen molar-refractivity contribution in [3.63, 3.8) is 0 Å². The van der Waals surface area contributed by atoms with Gasteiger partial charge in [-0.1, -0.05) is 55.5 Å².